The van der Waals surface area contributed by atoms with Crippen molar-refractivity contribution in [3.8, 4) is 11.4 Å². The van der Waals surface area contributed by atoms with Gasteiger partial charge in [-0.05, 0) is 36.4 Å². The van der Waals surface area contributed by atoms with E-state index in [4.69, 9.17) is 10.5 Å². The molecule has 3 rings (SSSR count). The highest BCUT2D eigenvalue weighted by molar-refractivity contribution is 5.71. The fourth-order valence-corrected chi connectivity index (χ4v) is 1.65. The molecule has 1 aromatic carbocycles. The van der Waals surface area contributed by atoms with E-state index in [0.717, 1.165) is 11.4 Å². The van der Waals surface area contributed by atoms with Crippen LogP contribution in [0.4, 0.5) is 5.82 Å². The minimum atomic E-state index is 0.435. The maximum Gasteiger partial charge on any atom is 0.204 e. The van der Waals surface area contributed by atoms with Gasteiger partial charge in [0.15, 0.2) is 0 Å². The van der Waals surface area contributed by atoms with Crippen LogP contribution in [-0.2, 0) is 0 Å². The summed E-state index contributed by atoms with van der Waals surface area (Å²) >= 11 is 0. The third-order valence-corrected chi connectivity index (χ3v) is 2.57. The Labute approximate surface area is 103 Å². The molecule has 0 aliphatic heterocycles. The van der Waals surface area contributed by atoms with Crippen LogP contribution >= 0.6 is 0 Å². The van der Waals surface area contributed by atoms with Gasteiger partial charge in [-0.1, -0.05) is 0 Å². The molecule has 0 atom stereocenters. The van der Waals surface area contributed by atoms with Crippen LogP contribution in [0.15, 0.2) is 36.4 Å². The third kappa shape index (κ3) is 1.73. The van der Waals surface area contributed by atoms with Gasteiger partial charge in [-0.15, -0.1) is 15.0 Å². The maximum absolute atomic E-state index is 5.61. The van der Waals surface area contributed by atoms with Crippen molar-refractivity contribution in [3.05, 3.63) is 36.4 Å². The summed E-state index contributed by atoms with van der Waals surface area (Å²) in [6.07, 6.45) is 0. The summed E-state index contributed by atoms with van der Waals surface area (Å²) in [5.41, 5.74) is 7.69. The molecule has 90 valence electrons. The van der Waals surface area contributed by atoms with Gasteiger partial charge in [-0.3, -0.25) is 0 Å². The summed E-state index contributed by atoms with van der Waals surface area (Å²) in [4.78, 5) is 5.64. The van der Waals surface area contributed by atoms with E-state index >= 15 is 0 Å². The Hall–Kier alpha value is -2.63. The number of methoxy groups -OCH3 is 1. The van der Waals surface area contributed by atoms with Crippen molar-refractivity contribution >= 4 is 17.0 Å². The Balaban J connectivity index is 2.07. The van der Waals surface area contributed by atoms with Crippen LogP contribution in [0.3, 0.4) is 0 Å². The first-order chi connectivity index (χ1) is 8.76. The molecule has 0 aliphatic carbocycles. The number of benzene rings is 1. The Morgan fingerprint density at radius 1 is 1.06 bits per heavy atom. The highest BCUT2D eigenvalue weighted by atomic mass is 16.5. The molecule has 0 bridgehead atoms. The Morgan fingerprint density at radius 2 is 1.83 bits per heavy atom. The fraction of sp³-hybridized carbons (Fsp3) is 0.0833. The summed E-state index contributed by atoms with van der Waals surface area (Å²) in [6.45, 7) is 0. The van der Waals surface area contributed by atoms with E-state index < -0.39 is 0 Å². The monoisotopic (exact) mass is 241 g/mol. The van der Waals surface area contributed by atoms with Crippen LogP contribution in [0, 0.1) is 0 Å². The van der Waals surface area contributed by atoms with Crippen molar-refractivity contribution in [1.29, 1.82) is 0 Å². The second-order valence-corrected chi connectivity index (χ2v) is 3.77. The minimum Gasteiger partial charge on any atom is -0.497 e. The van der Waals surface area contributed by atoms with Gasteiger partial charge < -0.3 is 10.5 Å². The molecule has 0 saturated heterocycles. The highest BCUT2D eigenvalue weighted by Gasteiger charge is 2.06. The van der Waals surface area contributed by atoms with E-state index in [1.807, 2.05) is 24.3 Å². The van der Waals surface area contributed by atoms with Crippen molar-refractivity contribution in [2.24, 2.45) is 0 Å². The van der Waals surface area contributed by atoms with E-state index in [1.165, 1.54) is 4.80 Å². The number of ether oxygens (including phenoxy) is 1. The largest absolute Gasteiger partial charge is 0.497 e. The van der Waals surface area contributed by atoms with Gasteiger partial charge in [-0.2, -0.15) is 0 Å². The Bertz CT molecular complexity index is 689. The first-order valence-corrected chi connectivity index (χ1v) is 5.40. The number of nitrogen functional groups attached to an aromatic ring is 1. The first kappa shape index (κ1) is 10.5. The third-order valence-electron chi connectivity index (χ3n) is 2.57. The number of hydrogen-bond acceptors (Lipinski definition) is 5. The van der Waals surface area contributed by atoms with Crippen LogP contribution in [-0.4, -0.2) is 27.1 Å². The summed E-state index contributed by atoms with van der Waals surface area (Å²) in [5.74, 6) is 1.22. The molecule has 0 radical (unpaired) electrons. The molecular formula is C12H11N5O. The topological polar surface area (TPSA) is 78.9 Å². The molecule has 2 N–H and O–H groups in total. The van der Waals surface area contributed by atoms with Crippen molar-refractivity contribution in [2.45, 2.75) is 0 Å². The van der Waals surface area contributed by atoms with Gasteiger partial charge in [0.1, 0.15) is 17.1 Å². The summed E-state index contributed by atoms with van der Waals surface area (Å²) in [7, 11) is 1.63. The zero-order valence-corrected chi connectivity index (χ0v) is 9.74. The fourth-order valence-electron chi connectivity index (χ4n) is 1.65. The molecular weight excluding hydrogens is 230 g/mol. The number of hydrogen-bond donors (Lipinski definition) is 1. The molecule has 0 spiro atoms. The number of fused-ring (bicyclic) bond motifs is 1. The molecule has 18 heavy (non-hydrogen) atoms. The lowest BCUT2D eigenvalue weighted by molar-refractivity contribution is 0.414. The van der Waals surface area contributed by atoms with Crippen molar-refractivity contribution in [2.75, 3.05) is 12.8 Å². The lowest BCUT2D eigenvalue weighted by atomic mass is 10.3. The smallest absolute Gasteiger partial charge is 0.204 e. The second-order valence-electron chi connectivity index (χ2n) is 3.77. The molecule has 0 amide bonds. The number of nitrogens with zero attached hydrogens (tertiary/aromatic N) is 4. The number of nitrogens with two attached hydrogens (primary N) is 1. The van der Waals surface area contributed by atoms with Crippen LogP contribution < -0.4 is 10.5 Å². The molecule has 0 aliphatic rings. The number of aromatic nitrogens is 4. The quantitative estimate of drug-likeness (QED) is 0.733. The van der Waals surface area contributed by atoms with Gasteiger partial charge in [0.2, 0.25) is 5.65 Å². The maximum atomic E-state index is 5.61. The van der Waals surface area contributed by atoms with Gasteiger partial charge in [0.25, 0.3) is 0 Å². The van der Waals surface area contributed by atoms with Gasteiger partial charge in [0, 0.05) is 0 Å². The van der Waals surface area contributed by atoms with Gasteiger partial charge in [0.05, 0.1) is 12.8 Å². The van der Waals surface area contributed by atoms with Crippen LogP contribution in [0.1, 0.15) is 0 Å². The van der Waals surface area contributed by atoms with E-state index in [-0.39, 0.29) is 0 Å². The summed E-state index contributed by atoms with van der Waals surface area (Å²) < 4.78 is 5.10. The SMILES string of the molecule is COc1ccc(-n2nc3ccc(N)nc3n2)cc1. The Morgan fingerprint density at radius 3 is 2.56 bits per heavy atom. The highest BCUT2D eigenvalue weighted by Crippen LogP contribution is 2.15. The predicted molar refractivity (Wildman–Crippen MR) is 67.6 cm³/mol. The van der Waals surface area contributed by atoms with Crippen LogP contribution in [0.5, 0.6) is 5.75 Å². The van der Waals surface area contributed by atoms with Crippen molar-refractivity contribution < 1.29 is 4.74 Å². The summed E-state index contributed by atoms with van der Waals surface area (Å²) in [6, 6.07) is 11.0. The van der Waals surface area contributed by atoms with Crippen molar-refractivity contribution in [1.82, 2.24) is 20.0 Å². The first-order valence-electron chi connectivity index (χ1n) is 5.40. The molecule has 2 heterocycles. The standard InChI is InChI=1S/C12H11N5O/c1-18-9-4-2-8(3-5-9)17-15-10-6-7-11(13)14-12(10)16-17/h2-7H,1H3,(H2,13,14,16). The van der Waals surface area contributed by atoms with E-state index in [9.17, 15) is 0 Å². The Kier molecular flexibility index (Phi) is 2.33. The average Bonchev–Trinajstić information content (AvgIpc) is 2.81. The van der Waals surface area contributed by atoms with Crippen molar-refractivity contribution in [3.63, 3.8) is 0 Å². The van der Waals surface area contributed by atoms with E-state index in [2.05, 4.69) is 15.2 Å². The van der Waals surface area contributed by atoms with Gasteiger partial charge in [-0.25, -0.2) is 4.98 Å². The summed E-state index contributed by atoms with van der Waals surface area (Å²) in [5, 5.41) is 8.60. The number of pyridine rings is 1. The average molecular weight is 241 g/mol. The van der Waals surface area contributed by atoms with E-state index in [0.29, 0.717) is 17.0 Å². The molecule has 3 aromatic rings. The predicted octanol–water partition coefficient (Wildman–Crippen LogP) is 1.41. The molecule has 6 heteroatoms. The molecule has 0 fully saturated rings. The molecule has 0 saturated carbocycles. The minimum absolute atomic E-state index is 0.435. The normalized spacial score (nSPS) is 10.7. The second kappa shape index (κ2) is 3.99. The van der Waals surface area contributed by atoms with Crippen LogP contribution in [0.2, 0.25) is 0 Å². The number of anilines is 1. The number of rotatable bonds is 2. The van der Waals surface area contributed by atoms with Crippen LogP contribution in [0.25, 0.3) is 16.9 Å². The zero-order chi connectivity index (χ0) is 12.5. The lowest BCUT2D eigenvalue weighted by Gasteiger charge is -2.01. The van der Waals surface area contributed by atoms with Gasteiger partial charge >= 0.3 is 0 Å². The van der Waals surface area contributed by atoms with E-state index in [1.54, 1.807) is 19.2 Å². The molecule has 0 unspecified atom stereocenters. The zero-order valence-electron chi connectivity index (χ0n) is 9.74. The molecule has 6 nitrogen and oxygen atoms in total. The lowest BCUT2D eigenvalue weighted by Crippen LogP contribution is -1.98. The molecule has 2 aromatic heterocycles.